The van der Waals surface area contributed by atoms with Gasteiger partial charge >= 0.3 is 5.97 Å². The minimum atomic E-state index is -1.16. The second-order valence-electron chi connectivity index (χ2n) is 4.02. The van der Waals surface area contributed by atoms with E-state index < -0.39 is 5.97 Å². The Morgan fingerprint density at radius 3 is 2.62 bits per heavy atom. The monoisotopic (exact) mass is 303 g/mol. The number of ether oxygens (including phenoxy) is 2. The third-order valence-corrected chi connectivity index (χ3v) is 2.94. The van der Waals surface area contributed by atoms with Crippen molar-refractivity contribution in [3.05, 3.63) is 52.5 Å². The van der Waals surface area contributed by atoms with Crippen molar-refractivity contribution in [3.8, 4) is 23.3 Å². The number of carboxylic acid groups (broad SMARTS) is 1. The second kappa shape index (κ2) is 6.16. The summed E-state index contributed by atoms with van der Waals surface area (Å²) in [6.45, 7) is 0. The molecule has 0 radical (unpaired) electrons. The Hall–Kier alpha value is -2.71. The molecule has 0 heterocycles. The third kappa shape index (κ3) is 3.25. The Bertz CT molecular complexity index is 737. The summed E-state index contributed by atoms with van der Waals surface area (Å²) in [7, 11) is 1.44. The van der Waals surface area contributed by atoms with Gasteiger partial charge in [0, 0.05) is 11.1 Å². The third-order valence-electron chi connectivity index (χ3n) is 2.70. The predicted octanol–water partition coefficient (Wildman–Crippen LogP) is 3.71. The van der Waals surface area contributed by atoms with Crippen LogP contribution in [-0.4, -0.2) is 18.2 Å². The molecule has 0 spiro atoms. The molecule has 6 heteroatoms. The van der Waals surface area contributed by atoms with Gasteiger partial charge in [0.1, 0.15) is 28.9 Å². The van der Waals surface area contributed by atoms with Gasteiger partial charge in [0.15, 0.2) is 0 Å². The molecule has 5 nitrogen and oxygen atoms in total. The first-order valence-electron chi connectivity index (χ1n) is 5.84. The Kier molecular flexibility index (Phi) is 4.31. The molecule has 0 saturated carbocycles. The molecule has 0 aliphatic rings. The van der Waals surface area contributed by atoms with Crippen LogP contribution in [0.5, 0.6) is 17.2 Å². The first-order valence-corrected chi connectivity index (χ1v) is 6.21. The number of carbonyl (C=O) groups is 1. The fourth-order valence-corrected chi connectivity index (χ4v) is 1.85. The summed E-state index contributed by atoms with van der Waals surface area (Å²) in [6, 6.07) is 10.8. The summed E-state index contributed by atoms with van der Waals surface area (Å²) in [5, 5.41) is 18.6. The van der Waals surface area contributed by atoms with Gasteiger partial charge in [0.25, 0.3) is 0 Å². The van der Waals surface area contributed by atoms with Crippen LogP contribution in [0.1, 0.15) is 15.9 Å². The number of hydrogen-bond acceptors (Lipinski definition) is 4. The lowest BCUT2D eigenvalue weighted by Gasteiger charge is -2.11. The first-order chi connectivity index (χ1) is 10.0. The van der Waals surface area contributed by atoms with Gasteiger partial charge in [-0.3, -0.25) is 0 Å². The van der Waals surface area contributed by atoms with Crippen molar-refractivity contribution >= 4 is 17.6 Å². The summed E-state index contributed by atoms with van der Waals surface area (Å²) in [4.78, 5) is 11.3. The summed E-state index contributed by atoms with van der Waals surface area (Å²) < 4.78 is 10.5. The van der Waals surface area contributed by atoms with Gasteiger partial charge in [0.05, 0.1) is 12.7 Å². The summed E-state index contributed by atoms with van der Waals surface area (Å²) in [5.74, 6) is -0.476. The van der Waals surface area contributed by atoms with Gasteiger partial charge in [-0.25, -0.2) is 4.79 Å². The Morgan fingerprint density at radius 1 is 1.24 bits per heavy atom. The average molecular weight is 304 g/mol. The highest BCUT2D eigenvalue weighted by molar-refractivity contribution is 6.30. The molecular formula is C15H10ClNO4. The summed E-state index contributed by atoms with van der Waals surface area (Å²) >= 11 is 5.86. The lowest BCUT2D eigenvalue weighted by Crippen LogP contribution is -2.01. The van der Waals surface area contributed by atoms with Gasteiger partial charge in [-0.1, -0.05) is 11.6 Å². The van der Waals surface area contributed by atoms with E-state index in [4.69, 9.17) is 26.3 Å². The normalized spacial score (nSPS) is 9.76. The van der Waals surface area contributed by atoms with Crippen LogP contribution in [0.2, 0.25) is 5.02 Å². The molecule has 21 heavy (non-hydrogen) atoms. The highest BCUT2D eigenvalue weighted by atomic mass is 35.5. The number of halogens is 1. The molecule has 0 aliphatic carbocycles. The van der Waals surface area contributed by atoms with Crippen molar-refractivity contribution in [2.45, 2.75) is 0 Å². The van der Waals surface area contributed by atoms with Crippen molar-refractivity contribution in [2.24, 2.45) is 0 Å². The van der Waals surface area contributed by atoms with E-state index in [2.05, 4.69) is 0 Å². The molecule has 0 saturated heterocycles. The molecule has 0 unspecified atom stereocenters. The van der Waals surface area contributed by atoms with E-state index in [0.29, 0.717) is 10.8 Å². The minimum Gasteiger partial charge on any atom is -0.497 e. The number of nitriles is 1. The Morgan fingerprint density at radius 2 is 2.00 bits per heavy atom. The van der Waals surface area contributed by atoms with Gasteiger partial charge in [-0.05, 0) is 30.3 Å². The fourth-order valence-electron chi connectivity index (χ4n) is 1.68. The number of methoxy groups -OCH3 is 1. The lowest BCUT2D eigenvalue weighted by molar-refractivity contribution is 0.0693. The van der Waals surface area contributed by atoms with Gasteiger partial charge in [-0.15, -0.1) is 0 Å². The number of aromatic carboxylic acids is 1. The van der Waals surface area contributed by atoms with Crippen molar-refractivity contribution in [1.29, 1.82) is 5.26 Å². The zero-order chi connectivity index (χ0) is 15.4. The van der Waals surface area contributed by atoms with E-state index in [1.54, 1.807) is 12.1 Å². The standard InChI is InChI=1S/C15H10ClNO4/c1-20-11-4-5-13(12(7-11)15(18)19)21-14-6-10(16)3-2-9(14)8-17/h2-7H,1H3,(H,18,19). The van der Waals surface area contributed by atoms with Crippen molar-refractivity contribution in [3.63, 3.8) is 0 Å². The van der Waals surface area contributed by atoms with Gasteiger partial charge in [0.2, 0.25) is 0 Å². The zero-order valence-electron chi connectivity index (χ0n) is 11.0. The van der Waals surface area contributed by atoms with Crippen LogP contribution >= 0.6 is 11.6 Å². The molecule has 0 aromatic heterocycles. The Balaban J connectivity index is 2.47. The number of hydrogen-bond donors (Lipinski definition) is 1. The molecule has 0 amide bonds. The summed E-state index contributed by atoms with van der Waals surface area (Å²) in [5.41, 5.74) is 0.185. The SMILES string of the molecule is COc1ccc(Oc2cc(Cl)ccc2C#N)c(C(=O)O)c1. The number of rotatable bonds is 4. The number of nitrogens with zero attached hydrogens (tertiary/aromatic N) is 1. The van der Waals surface area contributed by atoms with Crippen LogP contribution in [0.15, 0.2) is 36.4 Å². The molecule has 2 aromatic carbocycles. The molecule has 0 bridgehead atoms. The lowest BCUT2D eigenvalue weighted by atomic mass is 10.1. The average Bonchev–Trinajstić information content (AvgIpc) is 2.47. The van der Waals surface area contributed by atoms with Crippen LogP contribution < -0.4 is 9.47 Å². The van der Waals surface area contributed by atoms with Gasteiger partial charge < -0.3 is 14.6 Å². The number of benzene rings is 2. The first kappa shape index (κ1) is 14.7. The predicted molar refractivity (Wildman–Crippen MR) is 76.2 cm³/mol. The molecule has 1 N–H and O–H groups in total. The van der Waals surface area contributed by atoms with Crippen molar-refractivity contribution in [2.75, 3.05) is 7.11 Å². The molecular weight excluding hydrogens is 294 g/mol. The van der Waals surface area contributed by atoms with E-state index in [9.17, 15) is 9.90 Å². The van der Waals surface area contributed by atoms with Crippen LogP contribution in [0.25, 0.3) is 0 Å². The molecule has 2 aromatic rings. The van der Waals surface area contributed by atoms with Crippen LogP contribution in [0.3, 0.4) is 0 Å². The maximum absolute atomic E-state index is 11.3. The second-order valence-corrected chi connectivity index (χ2v) is 4.46. The maximum atomic E-state index is 11.3. The maximum Gasteiger partial charge on any atom is 0.339 e. The Labute approximate surface area is 125 Å². The fraction of sp³-hybridized carbons (Fsp3) is 0.0667. The largest absolute Gasteiger partial charge is 0.497 e. The highest BCUT2D eigenvalue weighted by Crippen LogP contribution is 2.32. The van der Waals surface area contributed by atoms with E-state index >= 15 is 0 Å². The summed E-state index contributed by atoms with van der Waals surface area (Å²) in [6.07, 6.45) is 0. The van der Waals surface area contributed by atoms with Crippen molar-refractivity contribution in [1.82, 2.24) is 0 Å². The van der Waals surface area contributed by atoms with E-state index in [-0.39, 0.29) is 22.6 Å². The molecule has 0 aliphatic heterocycles. The molecule has 0 atom stereocenters. The zero-order valence-corrected chi connectivity index (χ0v) is 11.7. The quantitative estimate of drug-likeness (QED) is 0.931. The smallest absolute Gasteiger partial charge is 0.339 e. The van der Waals surface area contributed by atoms with Crippen molar-refractivity contribution < 1.29 is 19.4 Å². The van der Waals surface area contributed by atoms with Crippen LogP contribution in [0, 0.1) is 11.3 Å². The molecule has 0 fully saturated rings. The van der Waals surface area contributed by atoms with Crippen LogP contribution in [0.4, 0.5) is 0 Å². The topological polar surface area (TPSA) is 79.5 Å². The van der Waals surface area contributed by atoms with E-state index in [0.717, 1.165) is 0 Å². The molecule has 2 rings (SSSR count). The van der Waals surface area contributed by atoms with E-state index in [1.165, 1.54) is 31.4 Å². The van der Waals surface area contributed by atoms with E-state index in [1.807, 2.05) is 6.07 Å². The molecule has 106 valence electrons. The minimum absolute atomic E-state index is 0.0711. The highest BCUT2D eigenvalue weighted by Gasteiger charge is 2.15. The van der Waals surface area contributed by atoms with Crippen LogP contribution in [-0.2, 0) is 0 Å². The number of carboxylic acids is 1. The van der Waals surface area contributed by atoms with Gasteiger partial charge in [-0.2, -0.15) is 5.26 Å².